The van der Waals surface area contributed by atoms with E-state index in [9.17, 15) is 9.59 Å². The number of morpholine rings is 1. The van der Waals surface area contributed by atoms with Gasteiger partial charge < -0.3 is 19.4 Å². The number of rotatable bonds is 6. The predicted molar refractivity (Wildman–Crippen MR) is 136 cm³/mol. The van der Waals surface area contributed by atoms with Crippen LogP contribution in [0.3, 0.4) is 0 Å². The van der Waals surface area contributed by atoms with Gasteiger partial charge in [-0.05, 0) is 48.2 Å². The lowest BCUT2D eigenvalue weighted by atomic mass is 10.0. The van der Waals surface area contributed by atoms with Crippen LogP contribution in [0.25, 0.3) is 10.9 Å². The Hall–Kier alpha value is -2.71. The van der Waals surface area contributed by atoms with E-state index in [1.165, 1.54) is 0 Å². The third-order valence-corrected chi connectivity index (χ3v) is 7.05. The normalized spacial score (nSPS) is 17.5. The first-order valence-corrected chi connectivity index (χ1v) is 12.5. The number of aromatic nitrogens is 1. The van der Waals surface area contributed by atoms with Crippen LogP contribution in [-0.4, -0.2) is 54.9 Å². The fourth-order valence-corrected chi connectivity index (χ4v) is 4.95. The highest BCUT2D eigenvalue weighted by Crippen LogP contribution is 2.26. The maximum absolute atomic E-state index is 13.6. The highest BCUT2D eigenvalue weighted by Gasteiger charge is 2.22. The molecule has 0 atom stereocenters. The van der Waals surface area contributed by atoms with Gasteiger partial charge >= 0.3 is 0 Å². The lowest BCUT2D eigenvalue weighted by Gasteiger charge is -2.28. The number of carbonyl (C=O) groups excluding carboxylic acids is 1. The Morgan fingerprint density at radius 2 is 1.66 bits per heavy atom. The Balaban J connectivity index is 1.48. The van der Waals surface area contributed by atoms with Crippen LogP contribution >= 0.6 is 11.6 Å². The van der Waals surface area contributed by atoms with Gasteiger partial charge in [0.05, 0.1) is 18.7 Å². The van der Waals surface area contributed by atoms with Crippen molar-refractivity contribution in [2.24, 2.45) is 0 Å². The molecular formula is C27H30ClN3O4. The second-order valence-electron chi connectivity index (χ2n) is 9.17. The van der Waals surface area contributed by atoms with Crippen LogP contribution in [0.15, 0.2) is 53.5 Å². The predicted octanol–water partition coefficient (Wildman–Crippen LogP) is 3.77. The molecule has 0 aliphatic carbocycles. The van der Waals surface area contributed by atoms with E-state index < -0.39 is 0 Å². The average Bonchev–Trinajstić information content (AvgIpc) is 2.90. The largest absolute Gasteiger partial charge is 0.381 e. The van der Waals surface area contributed by atoms with Crippen molar-refractivity contribution in [3.8, 4) is 0 Å². The van der Waals surface area contributed by atoms with Gasteiger partial charge in [0, 0.05) is 62.0 Å². The number of ether oxygens (including phenoxy) is 2. The molecule has 5 rings (SSSR count). The molecular weight excluding hydrogens is 466 g/mol. The second-order valence-corrected chi connectivity index (χ2v) is 9.61. The smallest absolute Gasteiger partial charge is 0.257 e. The fourth-order valence-electron chi connectivity index (χ4n) is 4.83. The molecule has 35 heavy (non-hydrogen) atoms. The summed E-state index contributed by atoms with van der Waals surface area (Å²) in [7, 11) is 0. The third kappa shape index (κ3) is 5.59. The third-order valence-electron chi connectivity index (χ3n) is 6.80. The highest BCUT2D eigenvalue weighted by atomic mass is 35.5. The minimum atomic E-state index is -0.369. The number of hydrogen-bond donors (Lipinski definition) is 1. The summed E-state index contributed by atoms with van der Waals surface area (Å²) in [5.74, 6) is -0.369. The zero-order valence-corrected chi connectivity index (χ0v) is 20.4. The summed E-state index contributed by atoms with van der Waals surface area (Å²) in [5, 5.41) is 4.13. The molecule has 3 aromatic rings. The minimum Gasteiger partial charge on any atom is -0.381 e. The van der Waals surface area contributed by atoms with Gasteiger partial charge in [-0.3, -0.25) is 14.5 Å². The molecule has 184 valence electrons. The van der Waals surface area contributed by atoms with Crippen molar-refractivity contribution in [2.75, 3.05) is 39.5 Å². The maximum Gasteiger partial charge on any atom is 0.257 e. The second kappa shape index (κ2) is 10.9. The van der Waals surface area contributed by atoms with Gasteiger partial charge in [0.15, 0.2) is 0 Å². The van der Waals surface area contributed by atoms with Crippen molar-refractivity contribution < 1.29 is 14.3 Å². The molecule has 1 amide bonds. The van der Waals surface area contributed by atoms with Crippen LogP contribution in [-0.2, 0) is 22.6 Å². The summed E-state index contributed by atoms with van der Waals surface area (Å²) in [6, 6.07) is 13.5. The molecule has 2 aliphatic rings. The van der Waals surface area contributed by atoms with Gasteiger partial charge in [-0.1, -0.05) is 29.8 Å². The number of nitrogens with one attached hydrogen (secondary N) is 1. The van der Waals surface area contributed by atoms with E-state index in [4.69, 9.17) is 21.1 Å². The van der Waals surface area contributed by atoms with Gasteiger partial charge in [-0.15, -0.1) is 0 Å². The van der Waals surface area contributed by atoms with Crippen LogP contribution in [0.5, 0.6) is 0 Å². The molecule has 7 nitrogen and oxygen atoms in total. The summed E-state index contributed by atoms with van der Waals surface area (Å²) in [6.45, 7) is 5.61. The quantitative estimate of drug-likeness (QED) is 0.563. The molecule has 2 saturated heterocycles. The molecule has 0 spiro atoms. The van der Waals surface area contributed by atoms with Crippen LogP contribution in [0.4, 0.5) is 0 Å². The average molecular weight is 496 g/mol. The Labute approximate surface area is 209 Å². The van der Waals surface area contributed by atoms with Crippen LogP contribution in [0.1, 0.15) is 40.4 Å². The molecule has 1 N–H and O–H groups in total. The Bertz CT molecular complexity index is 1250. The topological polar surface area (TPSA) is 72.8 Å². The molecule has 2 fully saturated rings. The first kappa shape index (κ1) is 24.0. The molecule has 2 aliphatic heterocycles. The number of fused-ring (bicyclic) bond motifs is 1. The Kier molecular flexibility index (Phi) is 7.48. The first-order valence-electron chi connectivity index (χ1n) is 12.2. The number of carbonyl (C=O) groups is 1. The molecule has 0 radical (unpaired) electrons. The summed E-state index contributed by atoms with van der Waals surface area (Å²) in [4.78, 5) is 29.1. The zero-order valence-electron chi connectivity index (χ0n) is 19.7. The van der Waals surface area contributed by atoms with Crippen LogP contribution in [0, 0.1) is 0 Å². The van der Waals surface area contributed by atoms with E-state index in [0.717, 1.165) is 62.3 Å². The number of hydrogen-bond acceptors (Lipinski definition) is 5. The van der Waals surface area contributed by atoms with E-state index in [1.54, 1.807) is 18.3 Å². The zero-order chi connectivity index (χ0) is 24.2. The maximum atomic E-state index is 13.6. The van der Waals surface area contributed by atoms with E-state index >= 15 is 0 Å². The lowest BCUT2D eigenvalue weighted by Crippen LogP contribution is -2.35. The molecule has 2 aromatic carbocycles. The first-order chi connectivity index (χ1) is 17.1. The molecule has 0 saturated carbocycles. The molecule has 0 unspecified atom stereocenters. The minimum absolute atomic E-state index is 0.168. The molecule has 0 bridgehead atoms. The van der Waals surface area contributed by atoms with Crippen LogP contribution < -0.4 is 10.7 Å². The standard InChI is InChI=1S/C27H30ClN3O4/c28-21-4-1-19(2-5-21)16-29-27(33)24-18-31(22-7-11-34-12-8-22)25-6-3-20(15-23(25)26(24)32)17-30-9-13-35-14-10-30/h1-6,15,18,22H,7-14,16-17H2,(H,29,33). The van der Waals surface area contributed by atoms with E-state index in [2.05, 4.69) is 20.9 Å². The SMILES string of the molecule is O=C(NCc1ccc(Cl)cc1)c1cn(C2CCOCC2)c2ccc(CN3CCOCC3)cc2c1=O. The van der Waals surface area contributed by atoms with Crippen LogP contribution in [0.2, 0.25) is 5.02 Å². The number of nitrogens with zero attached hydrogens (tertiary/aromatic N) is 2. The van der Waals surface area contributed by atoms with Crippen molar-refractivity contribution in [3.63, 3.8) is 0 Å². The van der Waals surface area contributed by atoms with E-state index in [0.29, 0.717) is 30.2 Å². The van der Waals surface area contributed by atoms with Crippen molar-refractivity contribution in [3.05, 3.63) is 80.6 Å². The number of pyridine rings is 1. The Morgan fingerprint density at radius 3 is 2.40 bits per heavy atom. The Morgan fingerprint density at radius 1 is 0.971 bits per heavy atom. The molecule has 1 aromatic heterocycles. The highest BCUT2D eigenvalue weighted by molar-refractivity contribution is 6.30. The van der Waals surface area contributed by atoms with Gasteiger partial charge in [0.2, 0.25) is 5.43 Å². The number of amides is 1. The summed E-state index contributed by atoms with van der Waals surface area (Å²) >= 11 is 5.96. The summed E-state index contributed by atoms with van der Waals surface area (Å²) in [6.07, 6.45) is 3.43. The van der Waals surface area contributed by atoms with E-state index in [-0.39, 0.29) is 22.9 Å². The molecule has 8 heteroatoms. The number of halogens is 1. The van der Waals surface area contributed by atoms with Crippen molar-refractivity contribution >= 4 is 28.4 Å². The number of benzene rings is 2. The van der Waals surface area contributed by atoms with Crippen molar-refractivity contribution in [1.29, 1.82) is 0 Å². The lowest BCUT2D eigenvalue weighted by molar-refractivity contribution is 0.0342. The summed E-state index contributed by atoms with van der Waals surface area (Å²) in [5.41, 5.74) is 2.78. The van der Waals surface area contributed by atoms with E-state index in [1.807, 2.05) is 24.3 Å². The van der Waals surface area contributed by atoms with Gasteiger partial charge in [-0.2, -0.15) is 0 Å². The monoisotopic (exact) mass is 495 g/mol. The fraction of sp³-hybridized carbons (Fsp3) is 0.407. The molecule has 3 heterocycles. The van der Waals surface area contributed by atoms with Gasteiger partial charge in [0.25, 0.3) is 5.91 Å². The van der Waals surface area contributed by atoms with Crippen molar-refractivity contribution in [2.45, 2.75) is 32.0 Å². The van der Waals surface area contributed by atoms with Crippen molar-refractivity contribution in [1.82, 2.24) is 14.8 Å². The van der Waals surface area contributed by atoms with Gasteiger partial charge in [-0.25, -0.2) is 0 Å². The van der Waals surface area contributed by atoms with Gasteiger partial charge in [0.1, 0.15) is 5.56 Å². The summed E-state index contributed by atoms with van der Waals surface area (Å²) < 4.78 is 13.1.